The normalized spacial score (nSPS) is 18.8. The number of anilines is 1. The van der Waals surface area contributed by atoms with Crippen LogP contribution < -0.4 is 10.1 Å². The molecule has 176 valence electrons. The lowest BCUT2D eigenvalue weighted by molar-refractivity contribution is -0.118. The van der Waals surface area contributed by atoms with Gasteiger partial charge < -0.3 is 10.1 Å². The van der Waals surface area contributed by atoms with E-state index < -0.39 is 15.9 Å². The van der Waals surface area contributed by atoms with Gasteiger partial charge in [0.1, 0.15) is 10.6 Å². The predicted octanol–water partition coefficient (Wildman–Crippen LogP) is 4.53. The molecule has 33 heavy (non-hydrogen) atoms. The van der Waals surface area contributed by atoms with Gasteiger partial charge in [0.15, 0.2) is 12.4 Å². The average molecular weight is 491 g/mol. The number of nitrogens with zero attached hydrogens (tertiary/aromatic N) is 1. The number of ketones is 1. The Bertz CT molecular complexity index is 1210. The maximum Gasteiger partial charge on any atom is 0.262 e. The lowest BCUT2D eigenvalue weighted by Gasteiger charge is -2.26. The van der Waals surface area contributed by atoms with Crippen molar-refractivity contribution >= 4 is 39.0 Å². The third-order valence-electron chi connectivity index (χ3n) is 6.20. The summed E-state index contributed by atoms with van der Waals surface area (Å²) in [4.78, 5) is 24.9. The molecule has 1 amide bonds. The molecule has 9 heteroatoms. The summed E-state index contributed by atoms with van der Waals surface area (Å²) in [5.41, 5.74) is 2.87. The number of Topliss-reactive ketones (excluding diaryl/α,β-unsaturated/α-hetero) is 1. The molecule has 1 saturated heterocycles. The molecule has 2 aromatic rings. The fourth-order valence-electron chi connectivity index (χ4n) is 4.59. The number of hydrogen-bond donors (Lipinski definition) is 1. The van der Waals surface area contributed by atoms with Gasteiger partial charge in [-0.3, -0.25) is 9.59 Å². The van der Waals surface area contributed by atoms with Crippen LogP contribution in [0.3, 0.4) is 0 Å². The van der Waals surface area contributed by atoms with E-state index in [9.17, 15) is 18.0 Å². The summed E-state index contributed by atoms with van der Waals surface area (Å²) < 4.78 is 33.2. The number of piperidine rings is 1. The molecule has 1 aliphatic heterocycles. The number of ether oxygens (including phenoxy) is 1. The Morgan fingerprint density at radius 1 is 1.18 bits per heavy atom. The Hall–Kier alpha value is -2.42. The summed E-state index contributed by atoms with van der Waals surface area (Å²) in [5.74, 6) is 0.0668. The maximum absolute atomic E-state index is 13.0. The van der Waals surface area contributed by atoms with Crippen LogP contribution in [-0.2, 0) is 14.8 Å². The minimum absolute atomic E-state index is 0.0156. The molecule has 0 aromatic heterocycles. The van der Waals surface area contributed by atoms with Gasteiger partial charge in [0.2, 0.25) is 10.0 Å². The quantitative estimate of drug-likeness (QED) is 0.642. The summed E-state index contributed by atoms with van der Waals surface area (Å²) in [7, 11) is -3.75. The van der Waals surface area contributed by atoms with Gasteiger partial charge in [-0.05, 0) is 61.1 Å². The van der Waals surface area contributed by atoms with E-state index in [1.807, 2.05) is 19.9 Å². The first-order valence-corrected chi connectivity index (χ1v) is 12.9. The molecule has 1 atom stereocenters. The first-order chi connectivity index (χ1) is 15.7. The van der Waals surface area contributed by atoms with E-state index in [0.717, 1.165) is 30.4 Å². The van der Waals surface area contributed by atoms with Crippen molar-refractivity contribution in [1.82, 2.24) is 4.31 Å². The molecular formula is C24H27ClN2O5S. The van der Waals surface area contributed by atoms with Crippen molar-refractivity contribution in [2.45, 2.75) is 50.3 Å². The molecule has 0 radical (unpaired) electrons. The maximum atomic E-state index is 13.0. The highest BCUT2D eigenvalue weighted by molar-refractivity contribution is 7.89. The predicted molar refractivity (Wildman–Crippen MR) is 127 cm³/mol. The summed E-state index contributed by atoms with van der Waals surface area (Å²) in [6.45, 7) is 4.57. The number of fused-ring (bicyclic) bond motifs is 1. The highest BCUT2D eigenvalue weighted by Gasteiger charge is 2.31. The van der Waals surface area contributed by atoms with E-state index >= 15 is 0 Å². The molecule has 1 heterocycles. The Morgan fingerprint density at radius 2 is 1.91 bits per heavy atom. The third kappa shape index (κ3) is 4.78. The number of aryl methyl sites for hydroxylation is 1. The Labute approximate surface area is 199 Å². The average Bonchev–Trinajstić information content (AvgIpc) is 3.10. The number of halogens is 1. The molecule has 4 rings (SSSR count). The Kier molecular flexibility index (Phi) is 6.79. The minimum Gasteiger partial charge on any atom is -0.483 e. The molecule has 7 nitrogen and oxygen atoms in total. The van der Waals surface area contributed by atoms with Crippen molar-refractivity contribution in [3.05, 3.63) is 52.0 Å². The van der Waals surface area contributed by atoms with Crippen molar-refractivity contribution in [2.24, 2.45) is 0 Å². The molecule has 1 N–H and O–H groups in total. The molecule has 2 aromatic carbocycles. The number of carbonyl (C=O) groups is 2. The first kappa shape index (κ1) is 23.7. The van der Waals surface area contributed by atoms with Gasteiger partial charge >= 0.3 is 0 Å². The highest BCUT2D eigenvalue weighted by atomic mass is 35.5. The molecule has 1 fully saturated rings. The van der Waals surface area contributed by atoms with Gasteiger partial charge in [-0.2, -0.15) is 4.31 Å². The van der Waals surface area contributed by atoms with Crippen molar-refractivity contribution in [1.29, 1.82) is 0 Å². The fourth-order valence-corrected chi connectivity index (χ4v) is 6.61. The zero-order valence-corrected chi connectivity index (χ0v) is 20.3. The van der Waals surface area contributed by atoms with Crippen molar-refractivity contribution in [2.75, 3.05) is 25.0 Å². The second-order valence-electron chi connectivity index (χ2n) is 8.64. The second-order valence-corrected chi connectivity index (χ2v) is 11.0. The minimum atomic E-state index is -3.75. The molecule has 1 aliphatic carbocycles. The molecule has 0 bridgehead atoms. The summed E-state index contributed by atoms with van der Waals surface area (Å²) in [5, 5.41) is 2.77. The van der Waals surface area contributed by atoms with Gasteiger partial charge in [-0.15, -0.1) is 0 Å². The van der Waals surface area contributed by atoms with Gasteiger partial charge in [0.05, 0.1) is 10.6 Å². The Balaban J connectivity index is 1.47. The van der Waals surface area contributed by atoms with Crippen LogP contribution in [0.2, 0.25) is 5.02 Å². The van der Waals surface area contributed by atoms with Crippen LogP contribution in [0.4, 0.5) is 5.69 Å². The SMILES string of the molecule is Cc1ccc(OCC(=O)Nc2ccc(Cl)c(S(=O)(=O)N3CCCCC3)c2)c2c1[C@H](C)CC2=O. The number of rotatable bonds is 6. The van der Waals surface area contributed by atoms with Crippen LogP contribution in [0, 0.1) is 6.92 Å². The Morgan fingerprint density at radius 3 is 2.64 bits per heavy atom. The zero-order chi connectivity index (χ0) is 23.8. The number of hydrogen-bond acceptors (Lipinski definition) is 5. The van der Waals surface area contributed by atoms with E-state index in [0.29, 0.717) is 36.5 Å². The number of amides is 1. The van der Waals surface area contributed by atoms with Crippen LogP contribution in [-0.4, -0.2) is 44.1 Å². The largest absolute Gasteiger partial charge is 0.483 e. The standard InChI is InChI=1S/C24H27ClN2O5S/c1-15-6-9-20(24-19(28)12-16(2)23(15)24)32-14-22(29)26-17-7-8-18(25)21(13-17)33(30,31)27-10-4-3-5-11-27/h6-9,13,16H,3-5,10-12,14H2,1-2H3,(H,26,29)/t16-/m1/s1. The smallest absolute Gasteiger partial charge is 0.262 e. The monoisotopic (exact) mass is 490 g/mol. The molecule has 0 unspecified atom stereocenters. The van der Waals surface area contributed by atoms with E-state index in [2.05, 4.69) is 5.32 Å². The summed E-state index contributed by atoms with van der Waals surface area (Å²) >= 11 is 6.19. The van der Waals surface area contributed by atoms with Crippen LogP contribution in [0.15, 0.2) is 35.2 Å². The van der Waals surface area contributed by atoms with Gasteiger partial charge in [-0.25, -0.2) is 8.42 Å². The summed E-state index contributed by atoms with van der Waals surface area (Å²) in [6, 6.07) is 7.98. The lowest BCUT2D eigenvalue weighted by atomic mass is 9.97. The van der Waals surface area contributed by atoms with Crippen molar-refractivity contribution in [3.8, 4) is 5.75 Å². The van der Waals surface area contributed by atoms with E-state index in [4.69, 9.17) is 16.3 Å². The topological polar surface area (TPSA) is 92.8 Å². The van der Waals surface area contributed by atoms with Gasteiger partial charge in [0.25, 0.3) is 5.91 Å². The van der Waals surface area contributed by atoms with Gasteiger partial charge in [0, 0.05) is 25.2 Å². The molecule has 2 aliphatic rings. The molecule has 0 spiro atoms. The van der Waals surface area contributed by atoms with Crippen LogP contribution in [0.25, 0.3) is 0 Å². The molecular weight excluding hydrogens is 464 g/mol. The summed E-state index contributed by atoms with van der Waals surface area (Å²) in [6.07, 6.45) is 3.07. The number of benzene rings is 2. The highest BCUT2D eigenvalue weighted by Crippen LogP contribution is 2.40. The number of carbonyl (C=O) groups excluding carboxylic acids is 2. The first-order valence-electron chi connectivity index (χ1n) is 11.1. The van der Waals surface area contributed by atoms with Crippen LogP contribution in [0.5, 0.6) is 5.75 Å². The number of sulfonamides is 1. The van der Waals surface area contributed by atoms with Crippen LogP contribution in [0.1, 0.15) is 60.0 Å². The second kappa shape index (κ2) is 9.44. The van der Waals surface area contributed by atoms with E-state index in [1.165, 1.54) is 16.4 Å². The van der Waals surface area contributed by atoms with Crippen molar-refractivity contribution < 1.29 is 22.7 Å². The number of nitrogens with one attached hydrogen (secondary N) is 1. The fraction of sp³-hybridized carbons (Fsp3) is 0.417. The van der Waals surface area contributed by atoms with E-state index in [-0.39, 0.29) is 28.2 Å². The van der Waals surface area contributed by atoms with E-state index in [1.54, 1.807) is 12.1 Å². The zero-order valence-electron chi connectivity index (χ0n) is 18.7. The lowest BCUT2D eigenvalue weighted by Crippen LogP contribution is -2.35. The third-order valence-corrected chi connectivity index (χ3v) is 8.58. The van der Waals surface area contributed by atoms with Gasteiger partial charge in [-0.1, -0.05) is 31.0 Å². The molecule has 0 saturated carbocycles. The van der Waals surface area contributed by atoms with Crippen LogP contribution >= 0.6 is 11.6 Å². The van der Waals surface area contributed by atoms with Crippen molar-refractivity contribution in [3.63, 3.8) is 0 Å².